The first-order valence-corrected chi connectivity index (χ1v) is 7.77. The molecule has 0 radical (unpaired) electrons. The van der Waals surface area contributed by atoms with Gasteiger partial charge in [0.1, 0.15) is 0 Å². The molecule has 22 heavy (non-hydrogen) atoms. The van der Waals surface area contributed by atoms with E-state index in [1.165, 1.54) is 4.68 Å². The van der Waals surface area contributed by atoms with Crippen LogP contribution in [-0.2, 0) is 0 Å². The number of nitriles is 1. The summed E-state index contributed by atoms with van der Waals surface area (Å²) in [6.07, 6.45) is 5.32. The molecule has 0 aliphatic rings. The van der Waals surface area contributed by atoms with Crippen LogP contribution >= 0.6 is 11.8 Å². The molecule has 0 fully saturated rings. The van der Waals surface area contributed by atoms with Crippen molar-refractivity contribution in [3.05, 3.63) is 64.7 Å². The van der Waals surface area contributed by atoms with Crippen LogP contribution in [0.1, 0.15) is 5.56 Å². The smallest absolute Gasteiger partial charge is 0.280 e. The maximum absolute atomic E-state index is 12.5. The van der Waals surface area contributed by atoms with Gasteiger partial charge in [0.05, 0.1) is 17.2 Å². The van der Waals surface area contributed by atoms with Crippen LogP contribution in [0.2, 0.25) is 0 Å². The van der Waals surface area contributed by atoms with E-state index in [2.05, 4.69) is 16.2 Å². The fraction of sp³-hybridized carbons (Fsp3) is 0.0625. The van der Waals surface area contributed by atoms with Gasteiger partial charge in [-0.25, -0.2) is 9.67 Å². The molecule has 1 aromatic carbocycles. The molecule has 0 saturated heterocycles. The van der Waals surface area contributed by atoms with Crippen LogP contribution in [0.3, 0.4) is 0 Å². The van der Waals surface area contributed by atoms with Crippen LogP contribution in [0.5, 0.6) is 0 Å². The minimum atomic E-state index is -0.195. The summed E-state index contributed by atoms with van der Waals surface area (Å²) in [5.74, 6) is 0.533. The number of aromatic nitrogens is 3. The summed E-state index contributed by atoms with van der Waals surface area (Å²) in [5.41, 5.74) is 1.54. The molecule has 6 heteroatoms. The normalized spacial score (nSPS) is 10.4. The highest BCUT2D eigenvalue weighted by Crippen LogP contribution is 2.18. The fourth-order valence-electron chi connectivity index (χ4n) is 2.13. The van der Waals surface area contributed by atoms with Crippen molar-refractivity contribution in [1.29, 1.82) is 5.26 Å². The van der Waals surface area contributed by atoms with Gasteiger partial charge in [0.25, 0.3) is 5.56 Å². The number of aromatic amines is 1. The minimum absolute atomic E-state index is 0.195. The first-order valence-electron chi connectivity index (χ1n) is 6.54. The maximum atomic E-state index is 12.5. The first-order chi connectivity index (χ1) is 10.7. The largest absolute Gasteiger partial charge is 0.296 e. The zero-order valence-corrected chi connectivity index (χ0v) is 12.6. The summed E-state index contributed by atoms with van der Waals surface area (Å²) in [6.45, 7) is 0. The Morgan fingerprint density at radius 3 is 2.86 bits per heavy atom. The van der Waals surface area contributed by atoms with Crippen molar-refractivity contribution in [2.24, 2.45) is 0 Å². The van der Waals surface area contributed by atoms with Crippen molar-refractivity contribution in [3.8, 4) is 23.0 Å². The average molecular weight is 308 g/mol. The predicted molar refractivity (Wildman–Crippen MR) is 86.1 cm³/mol. The Morgan fingerprint density at radius 1 is 1.32 bits per heavy atom. The van der Waals surface area contributed by atoms with E-state index >= 15 is 0 Å². The molecule has 0 saturated carbocycles. The number of rotatable bonds is 3. The monoisotopic (exact) mass is 308 g/mol. The van der Waals surface area contributed by atoms with Gasteiger partial charge in [-0.05, 0) is 36.1 Å². The Bertz CT molecular complexity index is 903. The fourth-order valence-corrected chi connectivity index (χ4v) is 2.49. The van der Waals surface area contributed by atoms with E-state index in [4.69, 9.17) is 5.26 Å². The predicted octanol–water partition coefficient (Wildman–Crippen LogP) is 2.82. The van der Waals surface area contributed by atoms with Gasteiger partial charge in [0.2, 0.25) is 0 Å². The molecule has 5 nitrogen and oxygen atoms in total. The summed E-state index contributed by atoms with van der Waals surface area (Å²) in [6, 6.07) is 12.7. The highest BCUT2D eigenvalue weighted by molar-refractivity contribution is 7.98. The van der Waals surface area contributed by atoms with Gasteiger partial charge in [0.15, 0.2) is 5.82 Å². The standard InChI is InChI=1S/C16H12N4OS/c1-22-13-5-6-15(18-9-13)20-16(21)14(10-19-20)12-4-2-3-11(7-12)8-17/h2-7,9-10,19H,1H3. The second-order valence-corrected chi connectivity index (χ2v) is 5.46. The summed E-state index contributed by atoms with van der Waals surface area (Å²) in [4.78, 5) is 17.8. The lowest BCUT2D eigenvalue weighted by molar-refractivity contribution is 0.816. The summed E-state index contributed by atoms with van der Waals surface area (Å²) in [7, 11) is 0. The topological polar surface area (TPSA) is 74.5 Å². The van der Waals surface area contributed by atoms with Gasteiger partial charge in [-0.3, -0.25) is 9.89 Å². The number of nitrogens with zero attached hydrogens (tertiary/aromatic N) is 3. The lowest BCUT2D eigenvalue weighted by Crippen LogP contribution is -2.16. The molecule has 0 spiro atoms. The number of H-pyrrole nitrogens is 1. The maximum Gasteiger partial charge on any atom is 0.280 e. The lowest BCUT2D eigenvalue weighted by atomic mass is 10.1. The van der Waals surface area contributed by atoms with E-state index in [0.29, 0.717) is 22.5 Å². The molecule has 0 unspecified atom stereocenters. The first kappa shape index (κ1) is 14.2. The zero-order chi connectivity index (χ0) is 15.5. The quantitative estimate of drug-likeness (QED) is 0.755. The van der Waals surface area contributed by atoms with Crippen molar-refractivity contribution >= 4 is 11.8 Å². The molecule has 0 aliphatic heterocycles. The van der Waals surface area contributed by atoms with Gasteiger partial charge in [0, 0.05) is 17.3 Å². The van der Waals surface area contributed by atoms with E-state index in [1.807, 2.05) is 12.3 Å². The van der Waals surface area contributed by atoms with Gasteiger partial charge in [-0.1, -0.05) is 12.1 Å². The molecule has 2 aromatic heterocycles. The molecule has 2 heterocycles. The lowest BCUT2D eigenvalue weighted by Gasteiger charge is -2.01. The number of thioether (sulfide) groups is 1. The average Bonchev–Trinajstić information content (AvgIpc) is 2.96. The number of pyridine rings is 1. The van der Waals surface area contributed by atoms with Crippen molar-refractivity contribution < 1.29 is 0 Å². The second-order valence-electron chi connectivity index (χ2n) is 4.58. The highest BCUT2D eigenvalue weighted by Gasteiger charge is 2.11. The van der Waals surface area contributed by atoms with Crippen LogP contribution in [-0.4, -0.2) is 21.0 Å². The van der Waals surface area contributed by atoms with Gasteiger partial charge >= 0.3 is 0 Å². The third-order valence-corrected chi connectivity index (χ3v) is 3.97. The molecule has 3 aromatic rings. The van der Waals surface area contributed by atoms with Crippen LogP contribution in [0.15, 0.2) is 58.5 Å². The van der Waals surface area contributed by atoms with E-state index in [9.17, 15) is 4.79 Å². The van der Waals surface area contributed by atoms with Crippen molar-refractivity contribution in [2.45, 2.75) is 4.90 Å². The minimum Gasteiger partial charge on any atom is -0.296 e. The van der Waals surface area contributed by atoms with E-state index < -0.39 is 0 Å². The molecular weight excluding hydrogens is 296 g/mol. The molecule has 0 amide bonds. The molecule has 3 rings (SSSR count). The second kappa shape index (κ2) is 5.92. The Morgan fingerprint density at radius 2 is 2.18 bits per heavy atom. The van der Waals surface area contributed by atoms with Crippen LogP contribution in [0.25, 0.3) is 16.9 Å². The third kappa shape index (κ3) is 2.54. The zero-order valence-electron chi connectivity index (χ0n) is 11.8. The third-order valence-electron chi connectivity index (χ3n) is 3.26. The summed E-state index contributed by atoms with van der Waals surface area (Å²) >= 11 is 1.59. The molecule has 0 bridgehead atoms. The summed E-state index contributed by atoms with van der Waals surface area (Å²) < 4.78 is 1.39. The van der Waals surface area contributed by atoms with Crippen molar-refractivity contribution in [1.82, 2.24) is 14.8 Å². The van der Waals surface area contributed by atoms with Crippen molar-refractivity contribution in [3.63, 3.8) is 0 Å². The Kier molecular flexibility index (Phi) is 3.81. The number of nitrogens with one attached hydrogen (secondary N) is 1. The Labute approximate surface area is 131 Å². The molecule has 108 valence electrons. The summed E-state index contributed by atoms with van der Waals surface area (Å²) in [5, 5.41) is 11.9. The SMILES string of the molecule is CSc1ccc(-n2[nH]cc(-c3cccc(C#N)c3)c2=O)nc1. The van der Waals surface area contributed by atoms with Crippen LogP contribution < -0.4 is 5.56 Å². The van der Waals surface area contributed by atoms with Gasteiger partial charge in [-0.15, -0.1) is 11.8 Å². The Hall–Kier alpha value is -2.78. The molecular formula is C16H12N4OS. The van der Waals surface area contributed by atoms with Gasteiger partial charge < -0.3 is 0 Å². The highest BCUT2D eigenvalue weighted by atomic mass is 32.2. The van der Waals surface area contributed by atoms with Gasteiger partial charge in [-0.2, -0.15) is 5.26 Å². The van der Waals surface area contributed by atoms with Crippen molar-refractivity contribution in [2.75, 3.05) is 6.26 Å². The van der Waals surface area contributed by atoms with E-state index in [1.54, 1.807) is 54.5 Å². The van der Waals surface area contributed by atoms with E-state index in [-0.39, 0.29) is 5.56 Å². The molecule has 0 atom stereocenters. The Balaban J connectivity index is 2.04. The van der Waals surface area contributed by atoms with Crippen LogP contribution in [0, 0.1) is 11.3 Å². The number of benzene rings is 1. The number of hydrogen-bond donors (Lipinski definition) is 1. The number of hydrogen-bond acceptors (Lipinski definition) is 4. The van der Waals surface area contributed by atoms with E-state index in [0.717, 1.165) is 4.90 Å². The molecule has 1 N–H and O–H groups in total. The van der Waals surface area contributed by atoms with Crippen LogP contribution in [0.4, 0.5) is 0 Å². The molecule has 0 aliphatic carbocycles.